The van der Waals surface area contributed by atoms with E-state index in [1.54, 1.807) is 38.6 Å². The van der Waals surface area contributed by atoms with Crippen LogP contribution in [0.3, 0.4) is 0 Å². The molecule has 1 saturated carbocycles. The normalized spacial score (nSPS) is 24.0. The molecule has 1 aliphatic carbocycles. The molecule has 0 saturated heterocycles. The number of hydrogen-bond donors (Lipinski definition) is 2. The third-order valence-corrected chi connectivity index (χ3v) is 2.51. The lowest BCUT2D eigenvalue weighted by atomic mass is 10.0. The summed E-state index contributed by atoms with van der Waals surface area (Å²) in [6, 6.07) is 0. The van der Waals surface area contributed by atoms with Gasteiger partial charge in [-0.05, 0) is 11.1 Å². The number of Topliss-reactive ketones (excluding diaryl/α,β-unsaturated/α-hetero) is 1. The van der Waals surface area contributed by atoms with Crippen molar-refractivity contribution in [2.75, 3.05) is 14.1 Å². The number of carbonyl (C=O) groups excluding carboxylic acids is 1. The van der Waals surface area contributed by atoms with Crippen molar-refractivity contribution in [1.29, 1.82) is 0 Å². The lowest BCUT2D eigenvalue weighted by Gasteiger charge is -2.00. The molecule has 0 radical (unpaired) electrons. The highest BCUT2D eigenvalue weighted by Crippen LogP contribution is 2.36. The summed E-state index contributed by atoms with van der Waals surface area (Å²) in [7, 11) is 3.53. The van der Waals surface area contributed by atoms with Crippen molar-refractivity contribution in [1.82, 2.24) is 10.6 Å². The van der Waals surface area contributed by atoms with Gasteiger partial charge in [-0.15, -0.1) is 0 Å². The van der Waals surface area contributed by atoms with E-state index in [0.717, 1.165) is 11.1 Å². The Bertz CT molecular complexity index is 447. The lowest BCUT2D eigenvalue weighted by Crippen LogP contribution is -2.05. The van der Waals surface area contributed by atoms with E-state index in [-0.39, 0.29) is 5.78 Å². The first-order chi connectivity index (χ1) is 8.71. The first-order valence-electron chi connectivity index (χ1n) is 5.67. The average molecular weight is 242 g/mol. The maximum absolute atomic E-state index is 12.3. The van der Waals surface area contributed by atoms with Gasteiger partial charge in [-0.2, -0.15) is 0 Å². The van der Waals surface area contributed by atoms with Crippen LogP contribution in [-0.2, 0) is 4.79 Å². The highest BCUT2D eigenvalue weighted by atomic mass is 16.1. The molecule has 0 aromatic carbocycles. The van der Waals surface area contributed by atoms with Gasteiger partial charge in [-0.3, -0.25) is 4.79 Å². The molecular weight excluding hydrogens is 224 g/mol. The zero-order chi connectivity index (χ0) is 13.5. The molecule has 18 heavy (non-hydrogen) atoms. The fourth-order valence-electron chi connectivity index (χ4n) is 1.85. The van der Waals surface area contributed by atoms with Crippen molar-refractivity contribution in [3.05, 3.63) is 72.2 Å². The van der Waals surface area contributed by atoms with Crippen LogP contribution >= 0.6 is 0 Å². The number of allylic oxidation sites excluding steroid dienone is 8. The van der Waals surface area contributed by atoms with Crippen LogP contribution in [0.5, 0.6) is 0 Å². The fraction of sp³-hybridized carbons (Fsp3) is 0.133. The largest absolute Gasteiger partial charge is 0.393 e. The summed E-state index contributed by atoms with van der Waals surface area (Å²) in [6.07, 6.45) is 10.4. The van der Waals surface area contributed by atoms with Gasteiger partial charge in [0, 0.05) is 37.6 Å². The molecular formula is C15H18N2O. The fourth-order valence-corrected chi connectivity index (χ4v) is 1.85. The third kappa shape index (κ3) is 2.51. The molecule has 0 spiro atoms. The van der Waals surface area contributed by atoms with Gasteiger partial charge < -0.3 is 10.6 Å². The van der Waals surface area contributed by atoms with E-state index in [1.165, 1.54) is 0 Å². The zero-order valence-corrected chi connectivity index (χ0v) is 10.8. The van der Waals surface area contributed by atoms with Crippen LogP contribution in [0.15, 0.2) is 72.2 Å². The number of carbonyl (C=O) groups is 1. The van der Waals surface area contributed by atoms with Gasteiger partial charge in [0.1, 0.15) is 0 Å². The van der Waals surface area contributed by atoms with Crippen molar-refractivity contribution in [2.45, 2.75) is 0 Å². The summed E-state index contributed by atoms with van der Waals surface area (Å²) in [5.41, 5.74) is 2.97. The van der Waals surface area contributed by atoms with E-state index in [4.69, 9.17) is 0 Å². The molecule has 1 aliphatic rings. The summed E-state index contributed by atoms with van der Waals surface area (Å²) >= 11 is 0. The van der Waals surface area contributed by atoms with E-state index in [9.17, 15) is 4.79 Å². The first kappa shape index (κ1) is 13.8. The second kappa shape index (κ2) is 6.45. The highest BCUT2D eigenvalue weighted by molar-refractivity contribution is 6.20. The van der Waals surface area contributed by atoms with E-state index < -0.39 is 0 Å². The Kier molecular flexibility index (Phi) is 4.93. The monoisotopic (exact) mass is 242 g/mol. The standard InChI is InChI=1S/C15H18N2O/c1-5-7-11-12(8-6-2)14(10-17-4)15(18)13(11)9-16-3/h5-10,16-17H,1-2H2,3-4H3/b11-7-,12-8?,13-9+,14-10+. The van der Waals surface area contributed by atoms with E-state index in [2.05, 4.69) is 23.8 Å². The Balaban J connectivity index is 3.49. The summed E-state index contributed by atoms with van der Waals surface area (Å²) in [4.78, 5) is 12.3. The minimum atomic E-state index is -0.0140. The van der Waals surface area contributed by atoms with Crippen molar-refractivity contribution >= 4 is 5.78 Å². The van der Waals surface area contributed by atoms with Gasteiger partial charge in [0.25, 0.3) is 0 Å². The summed E-state index contributed by atoms with van der Waals surface area (Å²) in [6.45, 7) is 7.37. The van der Waals surface area contributed by atoms with Gasteiger partial charge in [0.05, 0.1) is 0 Å². The zero-order valence-electron chi connectivity index (χ0n) is 10.8. The highest BCUT2D eigenvalue weighted by Gasteiger charge is 2.32. The van der Waals surface area contributed by atoms with Crippen LogP contribution in [0.25, 0.3) is 0 Å². The minimum absolute atomic E-state index is 0.0140. The molecule has 0 amide bonds. The van der Waals surface area contributed by atoms with Crippen molar-refractivity contribution in [3.8, 4) is 0 Å². The van der Waals surface area contributed by atoms with Gasteiger partial charge in [0.15, 0.2) is 5.78 Å². The molecule has 0 aromatic rings. The summed E-state index contributed by atoms with van der Waals surface area (Å²) < 4.78 is 0. The van der Waals surface area contributed by atoms with E-state index in [1.807, 2.05) is 12.2 Å². The van der Waals surface area contributed by atoms with Crippen LogP contribution in [0.1, 0.15) is 0 Å². The number of nitrogens with one attached hydrogen (secondary N) is 2. The Hall–Kier alpha value is -2.29. The Labute approximate surface area is 108 Å². The molecule has 1 rings (SSSR count). The molecule has 0 heterocycles. The SMILES string of the molecule is C=CC=C1C(=C/C=C)/C(=C\NC)C(=O)/C1=C/NC. The molecule has 3 heteroatoms. The van der Waals surface area contributed by atoms with Crippen molar-refractivity contribution < 1.29 is 4.79 Å². The number of ketones is 1. The molecule has 0 aliphatic heterocycles. The number of rotatable bonds is 4. The van der Waals surface area contributed by atoms with Gasteiger partial charge in [-0.25, -0.2) is 0 Å². The van der Waals surface area contributed by atoms with Gasteiger partial charge in [0.2, 0.25) is 0 Å². The Morgan fingerprint density at radius 1 is 0.833 bits per heavy atom. The molecule has 0 atom stereocenters. The van der Waals surface area contributed by atoms with Crippen molar-refractivity contribution in [2.24, 2.45) is 0 Å². The second-order valence-electron chi connectivity index (χ2n) is 3.65. The average Bonchev–Trinajstić information content (AvgIpc) is 2.58. The van der Waals surface area contributed by atoms with E-state index >= 15 is 0 Å². The molecule has 2 N–H and O–H groups in total. The summed E-state index contributed by atoms with van der Waals surface area (Å²) in [5.74, 6) is -0.0140. The number of hydrogen-bond acceptors (Lipinski definition) is 3. The maximum Gasteiger partial charge on any atom is 0.197 e. The van der Waals surface area contributed by atoms with Crippen LogP contribution < -0.4 is 10.6 Å². The quantitative estimate of drug-likeness (QED) is 0.741. The third-order valence-electron chi connectivity index (χ3n) is 2.51. The smallest absolute Gasteiger partial charge is 0.197 e. The minimum Gasteiger partial charge on any atom is -0.393 e. The lowest BCUT2D eigenvalue weighted by molar-refractivity contribution is -0.111. The van der Waals surface area contributed by atoms with Gasteiger partial charge >= 0.3 is 0 Å². The topological polar surface area (TPSA) is 41.1 Å². The maximum atomic E-state index is 12.3. The first-order valence-corrected chi connectivity index (χ1v) is 5.67. The van der Waals surface area contributed by atoms with Crippen LogP contribution in [0.2, 0.25) is 0 Å². The van der Waals surface area contributed by atoms with Crippen molar-refractivity contribution in [3.63, 3.8) is 0 Å². The molecule has 1 fully saturated rings. The predicted molar refractivity (Wildman–Crippen MR) is 75.9 cm³/mol. The second-order valence-corrected chi connectivity index (χ2v) is 3.65. The Morgan fingerprint density at radius 3 is 1.50 bits per heavy atom. The Morgan fingerprint density at radius 2 is 1.22 bits per heavy atom. The molecule has 94 valence electrons. The summed E-state index contributed by atoms with van der Waals surface area (Å²) in [5, 5.41) is 5.79. The van der Waals surface area contributed by atoms with Crippen LogP contribution in [-0.4, -0.2) is 19.9 Å². The molecule has 0 unspecified atom stereocenters. The molecule has 3 nitrogen and oxygen atoms in total. The van der Waals surface area contributed by atoms with Gasteiger partial charge in [-0.1, -0.05) is 37.5 Å². The van der Waals surface area contributed by atoms with E-state index in [0.29, 0.717) is 11.1 Å². The van der Waals surface area contributed by atoms with Crippen LogP contribution in [0, 0.1) is 0 Å². The predicted octanol–water partition coefficient (Wildman–Crippen LogP) is 2.00. The molecule has 0 aromatic heterocycles. The van der Waals surface area contributed by atoms with Crippen LogP contribution in [0.4, 0.5) is 0 Å². The molecule has 0 bridgehead atoms.